The summed E-state index contributed by atoms with van der Waals surface area (Å²) in [4.78, 5) is 38.6. The normalized spacial score (nSPS) is 12.6. The van der Waals surface area contributed by atoms with Crippen molar-refractivity contribution in [3.05, 3.63) is 63.5 Å². The fraction of sp³-hybridized carbons (Fsp3) is 0.346. The van der Waals surface area contributed by atoms with Crippen molar-refractivity contribution < 1.29 is 13.2 Å². The van der Waals surface area contributed by atoms with E-state index < -0.39 is 15.9 Å². The topological polar surface area (TPSA) is 136 Å². The number of hydrogen-bond donors (Lipinski definition) is 2. The third-order valence-corrected chi connectivity index (χ3v) is 8.99. The number of aryl methyl sites for hydroxylation is 3. The summed E-state index contributed by atoms with van der Waals surface area (Å²) in [5.41, 5.74) is 2.85. The van der Waals surface area contributed by atoms with Crippen LogP contribution in [0.1, 0.15) is 37.2 Å². The summed E-state index contributed by atoms with van der Waals surface area (Å²) in [5.74, 6) is -0.550. The van der Waals surface area contributed by atoms with E-state index in [4.69, 9.17) is 0 Å². The van der Waals surface area contributed by atoms with E-state index in [2.05, 4.69) is 25.0 Å². The van der Waals surface area contributed by atoms with Crippen LogP contribution in [0.5, 0.6) is 0 Å². The highest BCUT2D eigenvalue weighted by molar-refractivity contribution is 7.94. The average molecular weight is 555 g/mol. The van der Waals surface area contributed by atoms with Crippen LogP contribution in [-0.4, -0.2) is 39.9 Å². The monoisotopic (exact) mass is 554 g/mol. The van der Waals surface area contributed by atoms with Gasteiger partial charge in [0, 0.05) is 24.3 Å². The predicted molar refractivity (Wildman–Crippen MR) is 149 cm³/mol. The number of hydrogen-bond acceptors (Lipinski definition) is 8. The van der Waals surface area contributed by atoms with Crippen LogP contribution in [0.2, 0.25) is 0 Å². The molecule has 0 spiro atoms. The minimum absolute atomic E-state index is 0.00608. The second-order valence-electron chi connectivity index (χ2n) is 9.57. The van der Waals surface area contributed by atoms with E-state index >= 15 is 0 Å². The largest absolute Gasteiger partial charge is 0.354 e. The Hall–Kier alpha value is -3.64. The summed E-state index contributed by atoms with van der Waals surface area (Å²) in [5, 5.41) is 3.91. The van der Waals surface area contributed by atoms with Crippen molar-refractivity contribution >= 4 is 43.9 Å². The van der Waals surface area contributed by atoms with E-state index in [1.165, 1.54) is 10.9 Å². The molecule has 0 aliphatic carbocycles. The molecule has 4 rings (SSSR count). The van der Waals surface area contributed by atoms with Crippen molar-refractivity contribution in [3.8, 4) is 11.1 Å². The van der Waals surface area contributed by atoms with Gasteiger partial charge < -0.3 is 5.32 Å². The Bertz CT molecular complexity index is 1690. The maximum absolute atomic E-state index is 13.3. The number of aromatic nitrogens is 4. The summed E-state index contributed by atoms with van der Waals surface area (Å²) in [6.45, 7) is 10.9. The van der Waals surface area contributed by atoms with Crippen LogP contribution < -0.4 is 15.6 Å². The lowest BCUT2D eigenvalue weighted by Crippen LogP contribution is -2.37. The Kier molecular flexibility index (Phi) is 7.65. The Morgan fingerprint density at radius 2 is 1.79 bits per heavy atom. The number of thiazole rings is 1. The first-order chi connectivity index (χ1) is 17.9. The number of fused-ring (bicyclic) bond motifs is 1. The van der Waals surface area contributed by atoms with Gasteiger partial charge in [-0.05, 0) is 58.4 Å². The molecule has 200 valence electrons. The summed E-state index contributed by atoms with van der Waals surface area (Å²) in [6.07, 6.45) is 3.08. The van der Waals surface area contributed by atoms with Gasteiger partial charge >= 0.3 is 0 Å². The first-order valence-electron chi connectivity index (χ1n) is 12.1. The lowest BCUT2D eigenvalue weighted by atomic mass is 10.0. The SMILES string of the molecule is Cc1nc(C)c(S(=O)(=O)Nc2cc(-c3ccc4ncn(C[C@H](C)C(=O)NC(C)C)c(=O)c4c3)cnc2C)s1. The zero-order valence-corrected chi connectivity index (χ0v) is 23.7. The van der Waals surface area contributed by atoms with Crippen molar-refractivity contribution in [3.63, 3.8) is 0 Å². The van der Waals surface area contributed by atoms with Gasteiger partial charge in [0.05, 0.1) is 45.2 Å². The zero-order chi connectivity index (χ0) is 27.8. The molecule has 10 nitrogen and oxygen atoms in total. The fourth-order valence-electron chi connectivity index (χ4n) is 4.02. The fourth-order valence-corrected chi connectivity index (χ4v) is 6.61. The minimum Gasteiger partial charge on any atom is -0.354 e. The van der Waals surface area contributed by atoms with Crippen molar-refractivity contribution in [1.29, 1.82) is 0 Å². The molecule has 0 bridgehead atoms. The van der Waals surface area contributed by atoms with E-state index in [0.29, 0.717) is 44.1 Å². The van der Waals surface area contributed by atoms with Crippen molar-refractivity contribution in [1.82, 2.24) is 24.8 Å². The molecule has 0 saturated heterocycles. The lowest BCUT2D eigenvalue weighted by molar-refractivity contribution is -0.125. The Morgan fingerprint density at radius 3 is 2.45 bits per heavy atom. The molecule has 2 N–H and O–H groups in total. The van der Waals surface area contributed by atoms with Crippen LogP contribution in [0.25, 0.3) is 22.0 Å². The van der Waals surface area contributed by atoms with E-state index in [-0.39, 0.29) is 28.3 Å². The first-order valence-corrected chi connectivity index (χ1v) is 14.4. The van der Waals surface area contributed by atoms with Crippen LogP contribution in [-0.2, 0) is 21.4 Å². The van der Waals surface area contributed by atoms with Crippen LogP contribution in [0.15, 0.2) is 45.8 Å². The maximum atomic E-state index is 13.3. The Labute approximate surface area is 225 Å². The number of pyridine rings is 1. The van der Waals surface area contributed by atoms with Crippen LogP contribution in [0, 0.1) is 26.7 Å². The molecule has 3 aromatic heterocycles. The average Bonchev–Trinajstić information content (AvgIpc) is 3.20. The van der Waals surface area contributed by atoms with Crippen molar-refractivity contribution in [2.45, 2.75) is 58.3 Å². The number of carbonyl (C=O) groups is 1. The number of rotatable bonds is 8. The van der Waals surface area contributed by atoms with E-state index in [1.807, 2.05) is 13.8 Å². The van der Waals surface area contributed by atoms with Crippen molar-refractivity contribution in [2.24, 2.45) is 5.92 Å². The smallest absolute Gasteiger partial charge is 0.273 e. The maximum Gasteiger partial charge on any atom is 0.273 e. The van der Waals surface area contributed by atoms with Gasteiger partial charge in [0.2, 0.25) is 5.91 Å². The second kappa shape index (κ2) is 10.6. The third kappa shape index (κ3) is 5.76. The lowest BCUT2D eigenvalue weighted by Gasteiger charge is -2.16. The molecule has 0 aliphatic heterocycles. The molecule has 4 aromatic rings. The van der Waals surface area contributed by atoms with Gasteiger partial charge in [-0.25, -0.2) is 18.4 Å². The van der Waals surface area contributed by atoms with Gasteiger partial charge in [-0.1, -0.05) is 13.0 Å². The summed E-state index contributed by atoms with van der Waals surface area (Å²) in [7, 11) is -3.85. The van der Waals surface area contributed by atoms with Gasteiger partial charge in [0.15, 0.2) is 4.21 Å². The Balaban J connectivity index is 1.67. The van der Waals surface area contributed by atoms with Gasteiger partial charge in [0.1, 0.15) is 0 Å². The van der Waals surface area contributed by atoms with Crippen LogP contribution >= 0.6 is 11.3 Å². The molecule has 0 radical (unpaired) electrons. The van der Waals surface area contributed by atoms with Gasteiger partial charge in [-0.15, -0.1) is 11.3 Å². The van der Waals surface area contributed by atoms with E-state index in [1.54, 1.807) is 58.2 Å². The molecule has 12 heteroatoms. The summed E-state index contributed by atoms with van der Waals surface area (Å²) in [6, 6.07) is 6.95. The summed E-state index contributed by atoms with van der Waals surface area (Å²) >= 11 is 1.11. The number of benzene rings is 1. The molecule has 0 fully saturated rings. The molecule has 1 atom stereocenters. The number of sulfonamides is 1. The van der Waals surface area contributed by atoms with E-state index in [0.717, 1.165) is 11.3 Å². The molecule has 38 heavy (non-hydrogen) atoms. The highest BCUT2D eigenvalue weighted by atomic mass is 32.2. The number of amides is 1. The first kappa shape index (κ1) is 27.4. The molecule has 0 unspecified atom stereocenters. The molecule has 3 heterocycles. The van der Waals surface area contributed by atoms with E-state index in [9.17, 15) is 18.0 Å². The molecule has 0 saturated carbocycles. The standard InChI is InChI=1S/C26H30N6O4S2/c1-14(2)29-24(33)15(3)12-32-13-28-22-8-7-19(9-21(22)25(32)34)20-10-23(16(4)27-11-20)31-38(35,36)26-17(5)30-18(6)37-26/h7-11,13-15,31H,12H2,1-6H3,(H,29,33)/t15-/m0/s1. The predicted octanol–water partition coefficient (Wildman–Crippen LogP) is 3.80. The second-order valence-corrected chi connectivity index (χ2v) is 12.6. The van der Waals surface area contributed by atoms with Crippen LogP contribution in [0.3, 0.4) is 0 Å². The molecular weight excluding hydrogens is 524 g/mol. The zero-order valence-electron chi connectivity index (χ0n) is 22.1. The van der Waals surface area contributed by atoms with Gasteiger partial charge in [-0.2, -0.15) is 0 Å². The number of carbonyl (C=O) groups excluding carboxylic acids is 1. The number of nitrogens with one attached hydrogen (secondary N) is 2. The molecular formula is C26H30N6O4S2. The van der Waals surface area contributed by atoms with Gasteiger partial charge in [-0.3, -0.25) is 23.9 Å². The quantitative estimate of drug-likeness (QED) is 0.338. The van der Waals surface area contributed by atoms with Gasteiger partial charge in [0.25, 0.3) is 15.6 Å². The van der Waals surface area contributed by atoms with Crippen LogP contribution in [0.4, 0.5) is 5.69 Å². The van der Waals surface area contributed by atoms with Crippen molar-refractivity contribution in [2.75, 3.05) is 4.72 Å². The number of nitrogens with zero attached hydrogens (tertiary/aromatic N) is 4. The highest BCUT2D eigenvalue weighted by Crippen LogP contribution is 2.29. The highest BCUT2D eigenvalue weighted by Gasteiger charge is 2.22. The molecule has 0 aliphatic rings. The molecule has 1 amide bonds. The number of anilines is 1. The molecule has 1 aromatic carbocycles. The Morgan fingerprint density at radius 1 is 1.05 bits per heavy atom. The summed E-state index contributed by atoms with van der Waals surface area (Å²) < 4.78 is 30.3. The minimum atomic E-state index is -3.85. The third-order valence-electron chi connectivity index (χ3n) is 5.94.